The highest BCUT2D eigenvalue weighted by atomic mass is 15.1. The van der Waals surface area contributed by atoms with Gasteiger partial charge in [-0.3, -0.25) is 0 Å². The normalized spacial score (nSPS) is 20.7. The molecule has 2 heteroatoms. The van der Waals surface area contributed by atoms with Gasteiger partial charge >= 0.3 is 0 Å². The molecule has 0 radical (unpaired) electrons. The van der Waals surface area contributed by atoms with Crippen LogP contribution in [0.1, 0.15) is 20.3 Å². The molecule has 1 saturated heterocycles. The lowest BCUT2D eigenvalue weighted by atomic mass is 10.1. The molecule has 0 aromatic rings. The second-order valence-electron chi connectivity index (χ2n) is 2.87. The minimum atomic E-state index is 0.765. The van der Waals surface area contributed by atoms with Crippen molar-refractivity contribution in [2.75, 3.05) is 26.7 Å². The third-order valence-corrected chi connectivity index (χ3v) is 1.91. The molecule has 1 heterocycles. The molecule has 1 N–H and O–H groups in total. The van der Waals surface area contributed by atoms with Crippen LogP contribution in [-0.2, 0) is 0 Å². The fourth-order valence-corrected chi connectivity index (χ4v) is 1.31. The first-order chi connectivity index (χ1) is 5.83. The Labute approximate surface area is 76.3 Å². The minimum absolute atomic E-state index is 0.765. The number of nitrogens with one attached hydrogen (secondary N) is 1. The Balaban J connectivity index is 0.000000561. The number of rotatable bonds is 2. The molecule has 0 spiro atoms. The van der Waals surface area contributed by atoms with Gasteiger partial charge in [-0.25, -0.2) is 0 Å². The zero-order chi connectivity index (χ0) is 9.40. The van der Waals surface area contributed by atoms with Crippen LogP contribution >= 0.6 is 0 Å². The SMILES string of the molecule is C#CN(C)CC1CCNC1.CC. The fraction of sp³-hybridized carbons (Fsp3) is 0.800. The smallest absolute Gasteiger partial charge is 0.0298 e. The maximum absolute atomic E-state index is 5.21. The van der Waals surface area contributed by atoms with Crippen molar-refractivity contribution in [2.24, 2.45) is 5.92 Å². The van der Waals surface area contributed by atoms with Gasteiger partial charge in [-0.1, -0.05) is 20.3 Å². The Hall–Kier alpha value is -0.680. The van der Waals surface area contributed by atoms with Gasteiger partial charge in [0.05, 0.1) is 0 Å². The third-order valence-electron chi connectivity index (χ3n) is 1.91. The average Bonchev–Trinajstić information content (AvgIpc) is 2.60. The van der Waals surface area contributed by atoms with Crippen LogP contribution in [0.4, 0.5) is 0 Å². The molecule has 1 aliphatic heterocycles. The van der Waals surface area contributed by atoms with Crippen molar-refractivity contribution >= 4 is 0 Å². The molecule has 0 aromatic heterocycles. The second kappa shape index (κ2) is 7.00. The molecule has 0 saturated carbocycles. The maximum Gasteiger partial charge on any atom is 0.0298 e. The topological polar surface area (TPSA) is 15.3 Å². The minimum Gasteiger partial charge on any atom is -0.336 e. The summed E-state index contributed by atoms with van der Waals surface area (Å²) in [5.74, 6) is 0.765. The van der Waals surface area contributed by atoms with Crippen molar-refractivity contribution < 1.29 is 0 Å². The van der Waals surface area contributed by atoms with Crippen LogP contribution in [0.5, 0.6) is 0 Å². The van der Waals surface area contributed by atoms with Crippen molar-refractivity contribution in [3.8, 4) is 12.5 Å². The van der Waals surface area contributed by atoms with Gasteiger partial charge in [0.15, 0.2) is 0 Å². The average molecular weight is 168 g/mol. The van der Waals surface area contributed by atoms with Gasteiger partial charge in [-0.05, 0) is 25.4 Å². The van der Waals surface area contributed by atoms with Crippen LogP contribution in [0, 0.1) is 18.4 Å². The molecular formula is C10H20N2. The molecule has 1 aliphatic rings. The van der Waals surface area contributed by atoms with Gasteiger partial charge in [0.25, 0.3) is 0 Å². The summed E-state index contributed by atoms with van der Waals surface area (Å²) in [6.45, 7) is 7.32. The zero-order valence-corrected chi connectivity index (χ0v) is 8.43. The van der Waals surface area contributed by atoms with E-state index in [4.69, 9.17) is 6.42 Å². The van der Waals surface area contributed by atoms with Crippen molar-refractivity contribution in [1.29, 1.82) is 0 Å². The molecule has 70 valence electrons. The Morgan fingerprint density at radius 1 is 1.58 bits per heavy atom. The molecule has 0 aliphatic carbocycles. The van der Waals surface area contributed by atoms with E-state index < -0.39 is 0 Å². The quantitative estimate of drug-likeness (QED) is 0.491. The molecule has 1 unspecified atom stereocenters. The van der Waals surface area contributed by atoms with Gasteiger partial charge in [-0.2, -0.15) is 0 Å². The Morgan fingerprint density at radius 3 is 2.67 bits per heavy atom. The first-order valence-corrected chi connectivity index (χ1v) is 4.71. The standard InChI is InChI=1S/C8H14N2.C2H6/c1-3-10(2)7-8-4-5-9-6-8;1-2/h1,8-9H,4-7H2,2H3;1-2H3. The fourth-order valence-electron chi connectivity index (χ4n) is 1.31. The molecule has 1 fully saturated rings. The van der Waals surface area contributed by atoms with Gasteiger partial charge in [-0.15, -0.1) is 0 Å². The van der Waals surface area contributed by atoms with Crippen molar-refractivity contribution in [3.05, 3.63) is 0 Å². The number of hydrogen-bond donors (Lipinski definition) is 1. The highest BCUT2D eigenvalue weighted by Gasteiger charge is 2.14. The van der Waals surface area contributed by atoms with Crippen molar-refractivity contribution in [3.63, 3.8) is 0 Å². The van der Waals surface area contributed by atoms with E-state index in [0.717, 1.165) is 25.6 Å². The van der Waals surface area contributed by atoms with Crippen LogP contribution in [0.2, 0.25) is 0 Å². The number of hydrogen-bond acceptors (Lipinski definition) is 2. The van der Waals surface area contributed by atoms with E-state index in [9.17, 15) is 0 Å². The van der Waals surface area contributed by atoms with Crippen LogP contribution < -0.4 is 5.32 Å². The van der Waals surface area contributed by atoms with Crippen LogP contribution in [-0.4, -0.2) is 31.6 Å². The molecular weight excluding hydrogens is 148 g/mol. The summed E-state index contributed by atoms with van der Waals surface area (Å²) >= 11 is 0. The first kappa shape index (κ1) is 11.3. The van der Waals surface area contributed by atoms with E-state index in [2.05, 4.69) is 11.4 Å². The number of nitrogens with zero attached hydrogens (tertiary/aromatic N) is 1. The summed E-state index contributed by atoms with van der Waals surface area (Å²) in [5, 5.41) is 3.31. The van der Waals surface area contributed by atoms with E-state index in [1.165, 1.54) is 6.42 Å². The van der Waals surface area contributed by atoms with Crippen LogP contribution in [0.15, 0.2) is 0 Å². The zero-order valence-electron chi connectivity index (χ0n) is 8.43. The molecule has 0 bridgehead atoms. The molecule has 12 heavy (non-hydrogen) atoms. The lowest BCUT2D eigenvalue weighted by molar-refractivity contribution is 0.389. The summed E-state index contributed by atoms with van der Waals surface area (Å²) in [4.78, 5) is 1.91. The second-order valence-corrected chi connectivity index (χ2v) is 2.87. The monoisotopic (exact) mass is 168 g/mol. The van der Waals surface area contributed by atoms with Crippen LogP contribution in [0.3, 0.4) is 0 Å². The highest BCUT2D eigenvalue weighted by Crippen LogP contribution is 2.07. The molecule has 2 nitrogen and oxygen atoms in total. The largest absolute Gasteiger partial charge is 0.336 e. The van der Waals surface area contributed by atoms with E-state index in [1.54, 1.807) is 0 Å². The van der Waals surface area contributed by atoms with Gasteiger partial charge in [0.2, 0.25) is 0 Å². The maximum atomic E-state index is 5.21. The molecule has 1 atom stereocenters. The molecule has 1 rings (SSSR count). The van der Waals surface area contributed by atoms with Gasteiger partial charge < -0.3 is 10.2 Å². The predicted octanol–water partition coefficient (Wildman–Crippen LogP) is 1.14. The Morgan fingerprint density at radius 2 is 2.25 bits per heavy atom. The highest BCUT2D eigenvalue weighted by molar-refractivity contribution is 4.85. The van der Waals surface area contributed by atoms with Gasteiger partial charge in [0.1, 0.15) is 0 Å². The predicted molar refractivity (Wildman–Crippen MR) is 53.8 cm³/mol. The Kier molecular flexibility index (Phi) is 6.60. The lowest BCUT2D eigenvalue weighted by Gasteiger charge is -2.14. The summed E-state index contributed by atoms with van der Waals surface area (Å²) < 4.78 is 0. The number of terminal acetylenes is 1. The van der Waals surface area contributed by atoms with Gasteiger partial charge in [0, 0.05) is 19.6 Å². The molecule has 0 amide bonds. The third kappa shape index (κ3) is 4.25. The van der Waals surface area contributed by atoms with E-state index in [0.29, 0.717) is 0 Å². The van der Waals surface area contributed by atoms with Crippen molar-refractivity contribution in [2.45, 2.75) is 20.3 Å². The van der Waals surface area contributed by atoms with Crippen LogP contribution in [0.25, 0.3) is 0 Å². The molecule has 0 aromatic carbocycles. The van der Waals surface area contributed by atoms with Crippen molar-refractivity contribution in [1.82, 2.24) is 10.2 Å². The summed E-state index contributed by atoms with van der Waals surface area (Å²) in [6, 6.07) is 2.60. The summed E-state index contributed by atoms with van der Waals surface area (Å²) in [5.41, 5.74) is 0. The van der Waals surface area contributed by atoms with E-state index in [1.807, 2.05) is 25.8 Å². The first-order valence-electron chi connectivity index (χ1n) is 4.71. The Bertz CT molecular complexity index is 131. The van der Waals surface area contributed by atoms with E-state index >= 15 is 0 Å². The summed E-state index contributed by atoms with van der Waals surface area (Å²) in [6.07, 6.45) is 6.48. The van der Waals surface area contributed by atoms with E-state index in [-0.39, 0.29) is 0 Å². The lowest BCUT2D eigenvalue weighted by Crippen LogP contribution is -2.22. The summed E-state index contributed by atoms with van der Waals surface area (Å²) in [7, 11) is 1.96.